The number of H-pyrrole nitrogens is 1. The average molecular weight is 228 g/mol. The fourth-order valence-corrected chi connectivity index (χ4v) is 1.40. The van der Waals surface area contributed by atoms with Crippen molar-refractivity contribution in [2.75, 3.05) is 24.2 Å². The maximum absolute atomic E-state index is 12.3. The lowest BCUT2D eigenvalue weighted by atomic mass is 10.4. The first-order valence-electron chi connectivity index (χ1n) is 4.54. The zero-order valence-electron chi connectivity index (χ0n) is 8.48. The highest BCUT2D eigenvalue weighted by Crippen LogP contribution is 2.20. The minimum Gasteiger partial charge on any atom is -0.368 e. The van der Waals surface area contributed by atoms with Crippen molar-refractivity contribution in [2.24, 2.45) is 0 Å². The molecule has 0 radical (unpaired) electrons. The molecule has 0 saturated carbocycles. The van der Waals surface area contributed by atoms with E-state index in [0.717, 1.165) is 0 Å². The maximum atomic E-state index is 12.3. The Morgan fingerprint density at radius 2 is 2.25 bits per heavy atom. The molecule has 0 aliphatic carbocycles. The van der Waals surface area contributed by atoms with Crippen molar-refractivity contribution in [3.63, 3.8) is 0 Å². The summed E-state index contributed by atoms with van der Waals surface area (Å²) in [5.74, 6) is 0.330. The molecule has 2 aromatic heterocycles. The Labute approximate surface area is 89.5 Å². The zero-order chi connectivity index (χ0) is 11.7. The van der Waals surface area contributed by atoms with Crippen molar-refractivity contribution in [3.05, 3.63) is 6.33 Å². The number of anilines is 2. The Morgan fingerprint density at radius 3 is 2.94 bits per heavy atom. The van der Waals surface area contributed by atoms with E-state index >= 15 is 0 Å². The summed E-state index contributed by atoms with van der Waals surface area (Å²) >= 11 is 0. The number of aromatic nitrogens is 4. The molecule has 6 nitrogen and oxygen atoms in total. The molecule has 0 aromatic carbocycles. The molecule has 0 atom stereocenters. The van der Waals surface area contributed by atoms with Crippen LogP contribution in [0.4, 0.5) is 20.5 Å². The summed E-state index contributed by atoms with van der Waals surface area (Å²) in [5, 5.41) is 0. The van der Waals surface area contributed by atoms with Gasteiger partial charge in [-0.3, -0.25) is 0 Å². The number of hydrogen-bond acceptors (Lipinski definition) is 5. The molecule has 2 rings (SSSR count). The third-order valence-corrected chi connectivity index (χ3v) is 2.06. The van der Waals surface area contributed by atoms with Gasteiger partial charge in [-0.2, -0.15) is 9.97 Å². The van der Waals surface area contributed by atoms with E-state index in [4.69, 9.17) is 5.73 Å². The molecule has 0 aliphatic heterocycles. The summed E-state index contributed by atoms with van der Waals surface area (Å²) in [6.45, 7) is -0.426. The van der Waals surface area contributed by atoms with Crippen LogP contribution in [0.5, 0.6) is 0 Å². The van der Waals surface area contributed by atoms with E-state index in [1.165, 1.54) is 18.3 Å². The molecule has 2 aromatic rings. The summed E-state index contributed by atoms with van der Waals surface area (Å²) in [7, 11) is 1.51. The SMILES string of the molecule is CN(CC(F)F)c1nc(N)nc2nc[nH]c12. The third-order valence-electron chi connectivity index (χ3n) is 2.06. The summed E-state index contributed by atoms with van der Waals surface area (Å²) < 4.78 is 24.5. The Hall–Kier alpha value is -1.99. The summed E-state index contributed by atoms with van der Waals surface area (Å²) in [5.41, 5.74) is 6.32. The first kappa shape index (κ1) is 10.5. The molecule has 3 N–H and O–H groups in total. The standard InChI is InChI=1S/C8H10F2N6/c1-16(2-4(9)10)7-5-6(13-3-12-5)14-8(11)15-7/h3-4H,2H2,1H3,(H3,11,12,13,14,15). The predicted octanol–water partition coefficient (Wildman–Crippen LogP) is 0.636. The number of nitrogens with one attached hydrogen (secondary N) is 1. The minimum atomic E-state index is -2.45. The van der Waals surface area contributed by atoms with Gasteiger partial charge in [-0.1, -0.05) is 0 Å². The zero-order valence-corrected chi connectivity index (χ0v) is 8.48. The lowest BCUT2D eigenvalue weighted by Crippen LogP contribution is -2.25. The van der Waals surface area contributed by atoms with Crippen LogP contribution < -0.4 is 10.6 Å². The van der Waals surface area contributed by atoms with E-state index in [1.54, 1.807) is 0 Å². The molecular weight excluding hydrogens is 218 g/mol. The number of nitrogens with zero attached hydrogens (tertiary/aromatic N) is 4. The predicted molar refractivity (Wildman–Crippen MR) is 55.4 cm³/mol. The van der Waals surface area contributed by atoms with Crippen molar-refractivity contribution in [1.82, 2.24) is 19.9 Å². The summed E-state index contributed by atoms with van der Waals surface area (Å²) in [6, 6.07) is 0. The molecule has 0 saturated heterocycles. The second-order valence-electron chi connectivity index (χ2n) is 3.28. The Balaban J connectivity index is 2.45. The van der Waals surface area contributed by atoms with Crippen molar-refractivity contribution >= 4 is 22.9 Å². The molecule has 0 amide bonds. The van der Waals surface area contributed by atoms with E-state index in [9.17, 15) is 8.78 Å². The van der Waals surface area contributed by atoms with Gasteiger partial charge in [0.05, 0.1) is 12.9 Å². The fraction of sp³-hybridized carbons (Fsp3) is 0.375. The summed E-state index contributed by atoms with van der Waals surface area (Å²) in [6.07, 6.45) is -1.03. The van der Waals surface area contributed by atoms with E-state index in [0.29, 0.717) is 17.0 Å². The molecule has 0 bridgehead atoms. The topological polar surface area (TPSA) is 83.7 Å². The second kappa shape index (κ2) is 3.87. The van der Waals surface area contributed by atoms with Crippen molar-refractivity contribution in [2.45, 2.75) is 6.43 Å². The van der Waals surface area contributed by atoms with Gasteiger partial charge in [-0.25, -0.2) is 13.8 Å². The normalized spacial score (nSPS) is 11.2. The Bertz CT molecular complexity index is 496. The number of alkyl halides is 2. The van der Waals surface area contributed by atoms with Gasteiger partial charge in [0.2, 0.25) is 5.95 Å². The number of fused-ring (bicyclic) bond motifs is 1. The van der Waals surface area contributed by atoms with Crippen LogP contribution in [0.25, 0.3) is 11.2 Å². The van der Waals surface area contributed by atoms with Gasteiger partial charge in [0.25, 0.3) is 6.43 Å². The Morgan fingerprint density at radius 1 is 1.50 bits per heavy atom. The van der Waals surface area contributed by atoms with E-state index in [1.807, 2.05) is 0 Å². The van der Waals surface area contributed by atoms with Crippen LogP contribution in [-0.4, -0.2) is 40.0 Å². The second-order valence-corrected chi connectivity index (χ2v) is 3.28. The molecule has 8 heteroatoms. The number of hydrogen-bond donors (Lipinski definition) is 2. The number of aromatic amines is 1. The molecule has 0 fully saturated rings. The van der Waals surface area contributed by atoms with Gasteiger partial charge >= 0.3 is 0 Å². The Kier molecular flexibility index (Phi) is 2.55. The van der Waals surface area contributed by atoms with Crippen LogP contribution in [0.1, 0.15) is 0 Å². The molecule has 0 aliphatic rings. The van der Waals surface area contributed by atoms with Crippen LogP contribution >= 0.6 is 0 Å². The molecule has 86 valence electrons. The minimum absolute atomic E-state index is 0.00992. The van der Waals surface area contributed by atoms with Gasteiger partial charge in [0, 0.05) is 7.05 Å². The van der Waals surface area contributed by atoms with Crippen LogP contribution in [0.3, 0.4) is 0 Å². The van der Waals surface area contributed by atoms with Gasteiger partial charge in [-0.15, -0.1) is 0 Å². The first-order valence-corrected chi connectivity index (χ1v) is 4.54. The van der Waals surface area contributed by atoms with Crippen molar-refractivity contribution in [1.29, 1.82) is 0 Å². The van der Waals surface area contributed by atoms with Crippen molar-refractivity contribution in [3.8, 4) is 0 Å². The van der Waals surface area contributed by atoms with Crippen LogP contribution in [0.2, 0.25) is 0 Å². The number of rotatable bonds is 3. The van der Waals surface area contributed by atoms with E-state index < -0.39 is 13.0 Å². The molecule has 0 unspecified atom stereocenters. The quantitative estimate of drug-likeness (QED) is 0.805. The van der Waals surface area contributed by atoms with Crippen LogP contribution in [-0.2, 0) is 0 Å². The number of nitrogens with two attached hydrogens (primary N) is 1. The molecule has 16 heavy (non-hydrogen) atoms. The fourth-order valence-electron chi connectivity index (χ4n) is 1.40. The number of imidazole rings is 1. The van der Waals surface area contributed by atoms with Crippen LogP contribution in [0, 0.1) is 0 Å². The number of halogens is 2. The van der Waals surface area contributed by atoms with Crippen molar-refractivity contribution < 1.29 is 8.78 Å². The maximum Gasteiger partial charge on any atom is 0.255 e. The smallest absolute Gasteiger partial charge is 0.255 e. The highest BCUT2D eigenvalue weighted by Gasteiger charge is 2.15. The summed E-state index contributed by atoms with van der Waals surface area (Å²) in [4.78, 5) is 15.8. The first-order chi connectivity index (χ1) is 7.58. The lowest BCUT2D eigenvalue weighted by Gasteiger charge is -2.17. The highest BCUT2D eigenvalue weighted by molar-refractivity contribution is 5.83. The molecule has 2 heterocycles. The largest absolute Gasteiger partial charge is 0.368 e. The molecular formula is C8H10F2N6. The van der Waals surface area contributed by atoms with E-state index in [2.05, 4.69) is 19.9 Å². The van der Waals surface area contributed by atoms with Gasteiger partial charge in [0.1, 0.15) is 5.52 Å². The van der Waals surface area contributed by atoms with Crippen LogP contribution in [0.15, 0.2) is 6.33 Å². The van der Waals surface area contributed by atoms with Gasteiger partial charge in [0.15, 0.2) is 11.5 Å². The highest BCUT2D eigenvalue weighted by atomic mass is 19.3. The lowest BCUT2D eigenvalue weighted by molar-refractivity contribution is 0.156. The van der Waals surface area contributed by atoms with E-state index in [-0.39, 0.29) is 5.95 Å². The van der Waals surface area contributed by atoms with Gasteiger partial charge in [-0.05, 0) is 0 Å². The average Bonchev–Trinajstić information content (AvgIpc) is 2.62. The number of nitrogen functional groups attached to an aromatic ring is 1. The van der Waals surface area contributed by atoms with Gasteiger partial charge < -0.3 is 15.6 Å². The molecule has 0 spiro atoms. The third kappa shape index (κ3) is 1.86. The monoisotopic (exact) mass is 228 g/mol.